The van der Waals surface area contributed by atoms with Crippen molar-refractivity contribution in [3.05, 3.63) is 47.8 Å². The van der Waals surface area contributed by atoms with Crippen LogP contribution in [0.15, 0.2) is 36.5 Å². The molecule has 1 fully saturated rings. The number of alkyl halides is 3. The Morgan fingerprint density at radius 2 is 1.96 bits per heavy atom. The van der Waals surface area contributed by atoms with E-state index in [1.165, 1.54) is 24.4 Å². The molecule has 0 atom stereocenters. The Balaban J connectivity index is 1.74. The molecule has 26 heavy (non-hydrogen) atoms. The zero-order chi connectivity index (χ0) is 18.7. The number of anilines is 2. The van der Waals surface area contributed by atoms with E-state index in [-0.39, 0.29) is 23.2 Å². The van der Waals surface area contributed by atoms with Crippen molar-refractivity contribution in [1.82, 2.24) is 14.9 Å². The molecule has 5 nitrogen and oxygen atoms in total. The van der Waals surface area contributed by atoms with Crippen molar-refractivity contribution in [2.45, 2.75) is 25.9 Å². The van der Waals surface area contributed by atoms with Gasteiger partial charge in [0.2, 0.25) is 5.95 Å². The molecule has 1 N–H and O–H groups in total. The Morgan fingerprint density at radius 1 is 1.23 bits per heavy atom. The normalized spacial score (nSPS) is 15.8. The van der Waals surface area contributed by atoms with Gasteiger partial charge in [-0.2, -0.15) is 13.2 Å². The molecule has 0 aliphatic carbocycles. The third kappa shape index (κ3) is 4.30. The van der Waals surface area contributed by atoms with Gasteiger partial charge in [-0.3, -0.25) is 4.79 Å². The first kappa shape index (κ1) is 18.2. The van der Waals surface area contributed by atoms with Gasteiger partial charge >= 0.3 is 6.18 Å². The Kier molecular flexibility index (Phi) is 5.11. The Hall–Kier alpha value is -2.64. The average Bonchev–Trinajstić information content (AvgIpc) is 2.61. The predicted octanol–water partition coefficient (Wildman–Crippen LogP) is 4.11. The van der Waals surface area contributed by atoms with Gasteiger partial charge < -0.3 is 10.2 Å². The molecular weight excluding hydrogens is 345 g/mol. The van der Waals surface area contributed by atoms with E-state index in [0.717, 1.165) is 25.0 Å². The minimum absolute atomic E-state index is 0.0838. The highest BCUT2D eigenvalue weighted by Gasteiger charge is 2.30. The summed E-state index contributed by atoms with van der Waals surface area (Å²) >= 11 is 0. The minimum atomic E-state index is -4.43. The molecule has 0 saturated carbocycles. The van der Waals surface area contributed by atoms with Crippen molar-refractivity contribution in [1.29, 1.82) is 0 Å². The summed E-state index contributed by atoms with van der Waals surface area (Å²) in [5.41, 5.74) is -0.336. The fraction of sp³-hybridized carbons (Fsp3) is 0.389. The monoisotopic (exact) mass is 364 g/mol. The van der Waals surface area contributed by atoms with Gasteiger partial charge in [-0.25, -0.2) is 9.97 Å². The molecule has 0 spiro atoms. The topological polar surface area (TPSA) is 58.1 Å². The summed E-state index contributed by atoms with van der Waals surface area (Å²) in [6.45, 7) is 3.52. The maximum absolute atomic E-state index is 12.8. The fourth-order valence-electron chi connectivity index (χ4n) is 2.81. The molecule has 1 aromatic carbocycles. The van der Waals surface area contributed by atoms with Crippen LogP contribution in [0.4, 0.5) is 24.8 Å². The van der Waals surface area contributed by atoms with E-state index in [0.29, 0.717) is 19.0 Å². The van der Waals surface area contributed by atoms with Gasteiger partial charge in [-0.1, -0.05) is 13.0 Å². The van der Waals surface area contributed by atoms with Crippen molar-refractivity contribution in [3.63, 3.8) is 0 Å². The molecule has 1 saturated heterocycles. The van der Waals surface area contributed by atoms with Crippen molar-refractivity contribution in [2.24, 2.45) is 5.92 Å². The van der Waals surface area contributed by atoms with Crippen molar-refractivity contribution in [3.8, 4) is 0 Å². The number of carbonyl (C=O) groups excluding carboxylic acids is 1. The van der Waals surface area contributed by atoms with E-state index in [9.17, 15) is 18.0 Å². The number of rotatable bonds is 3. The van der Waals surface area contributed by atoms with E-state index in [4.69, 9.17) is 0 Å². The maximum atomic E-state index is 12.8. The third-order valence-electron chi connectivity index (χ3n) is 4.39. The standard InChI is InChI=1S/C18H19F3N4O/c1-12-6-9-25(10-7-12)16(26)15-5-8-22-17(24-15)23-14-4-2-3-13(11-14)18(19,20)21/h2-5,8,11-12H,6-7,9-10H2,1H3,(H,22,23,24). The second-order valence-electron chi connectivity index (χ2n) is 6.44. The van der Waals surface area contributed by atoms with Crippen LogP contribution in [0.5, 0.6) is 0 Å². The number of nitrogens with zero attached hydrogens (tertiary/aromatic N) is 3. The van der Waals surface area contributed by atoms with Gasteiger partial charge in [-0.05, 0) is 43.0 Å². The van der Waals surface area contributed by atoms with Crippen LogP contribution in [0.1, 0.15) is 35.8 Å². The quantitative estimate of drug-likeness (QED) is 0.890. The molecule has 2 aromatic rings. The highest BCUT2D eigenvalue weighted by Crippen LogP contribution is 2.31. The van der Waals surface area contributed by atoms with Crippen LogP contribution in [0.2, 0.25) is 0 Å². The van der Waals surface area contributed by atoms with Crippen LogP contribution in [0, 0.1) is 5.92 Å². The molecule has 8 heteroatoms. The lowest BCUT2D eigenvalue weighted by atomic mass is 9.99. The van der Waals surface area contributed by atoms with Gasteiger partial charge in [0, 0.05) is 25.0 Å². The fourth-order valence-corrected chi connectivity index (χ4v) is 2.81. The number of piperidine rings is 1. The maximum Gasteiger partial charge on any atom is 0.416 e. The summed E-state index contributed by atoms with van der Waals surface area (Å²) < 4.78 is 38.4. The first-order chi connectivity index (χ1) is 12.3. The lowest BCUT2D eigenvalue weighted by molar-refractivity contribution is -0.137. The van der Waals surface area contributed by atoms with Gasteiger partial charge in [0.05, 0.1) is 5.56 Å². The second kappa shape index (κ2) is 7.31. The first-order valence-electron chi connectivity index (χ1n) is 8.39. The van der Waals surface area contributed by atoms with Gasteiger partial charge in [0.25, 0.3) is 5.91 Å². The highest BCUT2D eigenvalue weighted by molar-refractivity contribution is 5.92. The number of halogens is 3. The van der Waals surface area contributed by atoms with Gasteiger partial charge in [-0.15, -0.1) is 0 Å². The predicted molar refractivity (Wildman–Crippen MR) is 91.1 cm³/mol. The molecule has 1 aromatic heterocycles. The molecule has 3 rings (SSSR count). The summed E-state index contributed by atoms with van der Waals surface area (Å²) in [4.78, 5) is 22.5. The number of benzene rings is 1. The molecule has 0 unspecified atom stereocenters. The minimum Gasteiger partial charge on any atom is -0.337 e. The van der Waals surface area contributed by atoms with Crippen molar-refractivity contribution in [2.75, 3.05) is 18.4 Å². The molecule has 1 amide bonds. The van der Waals surface area contributed by atoms with Crippen LogP contribution < -0.4 is 5.32 Å². The van der Waals surface area contributed by atoms with E-state index in [1.807, 2.05) is 0 Å². The highest BCUT2D eigenvalue weighted by atomic mass is 19.4. The average molecular weight is 364 g/mol. The number of aromatic nitrogens is 2. The zero-order valence-electron chi connectivity index (χ0n) is 14.3. The Bertz CT molecular complexity index is 786. The number of carbonyl (C=O) groups is 1. The van der Waals surface area contributed by atoms with Crippen LogP contribution in [-0.2, 0) is 6.18 Å². The Morgan fingerprint density at radius 3 is 2.65 bits per heavy atom. The van der Waals surface area contributed by atoms with Crippen molar-refractivity contribution < 1.29 is 18.0 Å². The molecule has 1 aliphatic rings. The van der Waals surface area contributed by atoms with Crippen LogP contribution in [0.3, 0.4) is 0 Å². The van der Waals surface area contributed by atoms with Crippen molar-refractivity contribution >= 4 is 17.5 Å². The van der Waals surface area contributed by atoms with E-state index >= 15 is 0 Å². The smallest absolute Gasteiger partial charge is 0.337 e. The number of hydrogen-bond donors (Lipinski definition) is 1. The van der Waals surface area contributed by atoms with Gasteiger partial charge in [0.15, 0.2) is 0 Å². The third-order valence-corrected chi connectivity index (χ3v) is 4.39. The second-order valence-corrected chi connectivity index (χ2v) is 6.44. The number of amides is 1. The molecular formula is C18H19F3N4O. The molecule has 0 radical (unpaired) electrons. The summed E-state index contributed by atoms with van der Waals surface area (Å²) in [6, 6.07) is 6.26. The lowest BCUT2D eigenvalue weighted by Crippen LogP contribution is -2.38. The zero-order valence-corrected chi connectivity index (χ0v) is 14.3. The van der Waals surface area contributed by atoms with E-state index < -0.39 is 11.7 Å². The molecule has 0 bridgehead atoms. The molecule has 2 heterocycles. The summed E-state index contributed by atoms with van der Waals surface area (Å²) in [5, 5.41) is 2.73. The van der Waals surface area contributed by atoms with Crippen LogP contribution >= 0.6 is 0 Å². The number of likely N-dealkylation sites (tertiary alicyclic amines) is 1. The molecule has 138 valence electrons. The summed E-state index contributed by atoms with van der Waals surface area (Å²) in [5.74, 6) is 0.495. The lowest BCUT2D eigenvalue weighted by Gasteiger charge is -2.30. The van der Waals surface area contributed by atoms with Crippen LogP contribution in [0.25, 0.3) is 0 Å². The summed E-state index contributed by atoms with van der Waals surface area (Å²) in [6.07, 6.45) is -1.11. The Labute approximate surface area is 149 Å². The van der Waals surface area contributed by atoms with Gasteiger partial charge in [0.1, 0.15) is 5.69 Å². The summed E-state index contributed by atoms with van der Waals surface area (Å²) in [7, 11) is 0. The SMILES string of the molecule is CC1CCN(C(=O)c2ccnc(Nc3cccc(C(F)(F)F)c3)n2)CC1. The number of nitrogens with one attached hydrogen (secondary N) is 1. The van der Waals surface area contributed by atoms with E-state index in [2.05, 4.69) is 22.2 Å². The van der Waals surface area contributed by atoms with Crippen LogP contribution in [-0.4, -0.2) is 33.9 Å². The molecule has 1 aliphatic heterocycles. The largest absolute Gasteiger partial charge is 0.416 e. The number of hydrogen-bond acceptors (Lipinski definition) is 4. The first-order valence-corrected chi connectivity index (χ1v) is 8.39. The van der Waals surface area contributed by atoms with E-state index in [1.54, 1.807) is 4.90 Å².